The summed E-state index contributed by atoms with van der Waals surface area (Å²) in [4.78, 5) is 25.0. The zero-order valence-electron chi connectivity index (χ0n) is 12.9. The van der Waals surface area contributed by atoms with Gasteiger partial charge < -0.3 is 9.84 Å². The highest BCUT2D eigenvalue weighted by atomic mass is 32.2. The third kappa shape index (κ3) is 3.37. The molecule has 124 valence electrons. The van der Waals surface area contributed by atoms with Gasteiger partial charge in [0.2, 0.25) is 0 Å². The molecule has 24 heavy (non-hydrogen) atoms. The van der Waals surface area contributed by atoms with E-state index in [0.717, 1.165) is 16.9 Å². The van der Waals surface area contributed by atoms with E-state index in [1.54, 1.807) is 6.08 Å². The molecule has 0 aliphatic carbocycles. The molecule has 3 rings (SSSR count). The Morgan fingerprint density at radius 1 is 1.46 bits per heavy atom. The molecule has 1 saturated heterocycles. The van der Waals surface area contributed by atoms with Crippen LogP contribution >= 0.6 is 24.0 Å². The van der Waals surface area contributed by atoms with Crippen LogP contribution in [0.3, 0.4) is 0 Å². The number of aliphatic carboxylic acids is 1. The summed E-state index contributed by atoms with van der Waals surface area (Å²) in [5.74, 6) is -0.393. The van der Waals surface area contributed by atoms with Crippen molar-refractivity contribution in [3.63, 3.8) is 0 Å². The summed E-state index contributed by atoms with van der Waals surface area (Å²) in [6, 6.07) is 7.70. The van der Waals surface area contributed by atoms with Crippen molar-refractivity contribution >= 4 is 46.3 Å². The van der Waals surface area contributed by atoms with E-state index in [0.29, 0.717) is 9.23 Å². The third-order valence-electron chi connectivity index (χ3n) is 3.73. The van der Waals surface area contributed by atoms with Crippen molar-refractivity contribution in [2.75, 3.05) is 6.54 Å². The summed E-state index contributed by atoms with van der Waals surface area (Å²) in [7, 11) is 0. The summed E-state index contributed by atoms with van der Waals surface area (Å²) in [5, 5.41) is 8.77. The fourth-order valence-corrected chi connectivity index (χ4v) is 3.78. The molecule has 7 heteroatoms. The molecule has 1 aromatic carbocycles. The number of para-hydroxylation sites is 1. The van der Waals surface area contributed by atoms with Gasteiger partial charge in [0.25, 0.3) is 5.91 Å². The summed E-state index contributed by atoms with van der Waals surface area (Å²) in [6.45, 7) is 2.01. The lowest BCUT2D eigenvalue weighted by Gasteiger charge is -2.23. The quantitative estimate of drug-likeness (QED) is 0.657. The van der Waals surface area contributed by atoms with Crippen molar-refractivity contribution in [2.45, 2.75) is 19.4 Å². The predicted molar refractivity (Wildman–Crippen MR) is 96.7 cm³/mol. The van der Waals surface area contributed by atoms with Gasteiger partial charge in [-0.05, 0) is 30.7 Å². The third-order valence-corrected chi connectivity index (χ3v) is 5.11. The van der Waals surface area contributed by atoms with Gasteiger partial charge in [0, 0.05) is 12.1 Å². The van der Waals surface area contributed by atoms with Gasteiger partial charge >= 0.3 is 5.97 Å². The molecule has 1 N–H and O–H groups in total. The topological polar surface area (TPSA) is 66.8 Å². The lowest BCUT2D eigenvalue weighted by atomic mass is 10.0. The van der Waals surface area contributed by atoms with Crippen LogP contribution in [0.15, 0.2) is 40.8 Å². The Balaban J connectivity index is 1.84. The standard InChI is InChI=1S/C17H15NO4S2/c1-10-12(8-11-4-2-3-5-13(11)22-10)9-14-16(21)18(17(23)24-14)7-6-15(19)20/h2-5,8-10H,6-7H2,1H3,(H,19,20). The lowest BCUT2D eigenvalue weighted by Crippen LogP contribution is -2.30. The number of amides is 1. The molecular weight excluding hydrogens is 346 g/mol. The molecule has 0 spiro atoms. The monoisotopic (exact) mass is 361 g/mol. The van der Waals surface area contributed by atoms with Crippen molar-refractivity contribution in [2.24, 2.45) is 0 Å². The molecule has 2 aliphatic rings. The van der Waals surface area contributed by atoms with E-state index in [1.807, 2.05) is 37.3 Å². The van der Waals surface area contributed by atoms with E-state index in [2.05, 4.69) is 0 Å². The number of nitrogens with zero attached hydrogens (tertiary/aromatic N) is 1. The molecule has 1 aromatic rings. The van der Waals surface area contributed by atoms with Gasteiger partial charge in [-0.15, -0.1) is 0 Å². The highest BCUT2D eigenvalue weighted by Gasteiger charge is 2.33. The van der Waals surface area contributed by atoms with Crippen LogP contribution in [0.25, 0.3) is 6.08 Å². The average molecular weight is 361 g/mol. The number of carbonyl (C=O) groups excluding carboxylic acids is 1. The largest absolute Gasteiger partial charge is 0.485 e. The van der Waals surface area contributed by atoms with E-state index in [-0.39, 0.29) is 25.0 Å². The molecule has 1 fully saturated rings. The smallest absolute Gasteiger partial charge is 0.305 e. The second-order valence-corrected chi connectivity index (χ2v) is 7.10. The number of carboxylic acid groups (broad SMARTS) is 1. The van der Waals surface area contributed by atoms with E-state index >= 15 is 0 Å². The minimum absolute atomic E-state index is 0.0886. The average Bonchev–Trinajstić information content (AvgIpc) is 2.80. The van der Waals surface area contributed by atoms with Crippen molar-refractivity contribution in [1.82, 2.24) is 4.90 Å². The number of hydrogen-bond donors (Lipinski definition) is 1. The number of benzene rings is 1. The Labute approximate surface area is 149 Å². The van der Waals surface area contributed by atoms with Gasteiger partial charge in [-0.1, -0.05) is 42.2 Å². The van der Waals surface area contributed by atoms with Crippen molar-refractivity contribution in [1.29, 1.82) is 0 Å². The van der Waals surface area contributed by atoms with Crippen LogP contribution in [0.5, 0.6) is 5.75 Å². The first kappa shape index (κ1) is 16.7. The molecule has 0 bridgehead atoms. The number of thiocarbonyl (C=S) groups is 1. The maximum atomic E-state index is 12.4. The van der Waals surface area contributed by atoms with E-state index in [1.165, 1.54) is 16.7 Å². The number of fused-ring (bicyclic) bond motifs is 1. The van der Waals surface area contributed by atoms with E-state index in [9.17, 15) is 9.59 Å². The molecule has 0 aromatic heterocycles. The molecule has 1 atom stereocenters. The van der Waals surface area contributed by atoms with E-state index < -0.39 is 5.97 Å². The van der Waals surface area contributed by atoms with Crippen LogP contribution in [0.2, 0.25) is 0 Å². The molecule has 0 saturated carbocycles. The Bertz CT molecular complexity index is 785. The number of thioether (sulfide) groups is 1. The normalized spacial score (nSPS) is 21.5. The highest BCUT2D eigenvalue weighted by molar-refractivity contribution is 8.26. The van der Waals surface area contributed by atoms with Gasteiger partial charge in [-0.25, -0.2) is 0 Å². The Kier molecular flexibility index (Phi) is 4.73. The minimum Gasteiger partial charge on any atom is -0.485 e. The first-order chi connectivity index (χ1) is 11.5. The van der Waals surface area contributed by atoms with Crippen LogP contribution in [0, 0.1) is 0 Å². The summed E-state index contributed by atoms with van der Waals surface area (Å²) in [5.41, 5.74) is 1.84. The summed E-state index contributed by atoms with van der Waals surface area (Å²) < 4.78 is 6.25. The van der Waals surface area contributed by atoms with Crippen LogP contribution in [-0.4, -0.2) is 38.9 Å². The predicted octanol–water partition coefficient (Wildman–Crippen LogP) is 3.07. The Morgan fingerprint density at radius 2 is 2.21 bits per heavy atom. The maximum Gasteiger partial charge on any atom is 0.305 e. The fourth-order valence-electron chi connectivity index (χ4n) is 2.47. The molecule has 0 radical (unpaired) electrons. The zero-order valence-corrected chi connectivity index (χ0v) is 14.5. The number of rotatable bonds is 4. The first-order valence-corrected chi connectivity index (χ1v) is 8.62. The number of carbonyl (C=O) groups is 2. The minimum atomic E-state index is -0.957. The molecule has 2 aliphatic heterocycles. The zero-order chi connectivity index (χ0) is 17.3. The first-order valence-electron chi connectivity index (χ1n) is 7.40. The molecule has 2 heterocycles. The maximum absolute atomic E-state index is 12.4. The number of carboxylic acids is 1. The molecular formula is C17H15NO4S2. The van der Waals surface area contributed by atoms with Gasteiger partial charge in [0.15, 0.2) is 0 Å². The van der Waals surface area contributed by atoms with Crippen LogP contribution < -0.4 is 4.74 Å². The number of ether oxygens (including phenoxy) is 1. The lowest BCUT2D eigenvalue weighted by molar-refractivity contribution is -0.137. The summed E-state index contributed by atoms with van der Waals surface area (Å²) >= 11 is 6.38. The Hall–Kier alpha value is -2.12. The highest BCUT2D eigenvalue weighted by Crippen LogP contribution is 2.35. The van der Waals surface area contributed by atoms with Gasteiger partial charge in [-0.3, -0.25) is 14.5 Å². The van der Waals surface area contributed by atoms with Crippen LogP contribution in [-0.2, 0) is 9.59 Å². The van der Waals surface area contributed by atoms with Crippen LogP contribution in [0.4, 0.5) is 0 Å². The Morgan fingerprint density at radius 3 is 2.96 bits per heavy atom. The molecule has 5 nitrogen and oxygen atoms in total. The summed E-state index contributed by atoms with van der Waals surface area (Å²) in [6.07, 6.45) is 3.46. The van der Waals surface area contributed by atoms with Crippen LogP contribution in [0.1, 0.15) is 18.9 Å². The fraction of sp³-hybridized carbons (Fsp3) is 0.235. The molecule has 1 amide bonds. The van der Waals surface area contributed by atoms with Gasteiger partial charge in [0.1, 0.15) is 16.2 Å². The molecule has 1 unspecified atom stereocenters. The van der Waals surface area contributed by atoms with Gasteiger partial charge in [-0.2, -0.15) is 0 Å². The van der Waals surface area contributed by atoms with Gasteiger partial charge in [0.05, 0.1) is 11.3 Å². The van der Waals surface area contributed by atoms with Crippen molar-refractivity contribution < 1.29 is 19.4 Å². The van der Waals surface area contributed by atoms with Crippen molar-refractivity contribution in [3.8, 4) is 5.75 Å². The second-order valence-electron chi connectivity index (χ2n) is 5.42. The SMILES string of the molecule is CC1Oc2ccccc2C=C1C=C1SC(=S)N(CCC(=O)O)C1=O. The second kappa shape index (κ2) is 6.78. The number of hydrogen-bond acceptors (Lipinski definition) is 5. The van der Waals surface area contributed by atoms with Crippen molar-refractivity contribution in [3.05, 3.63) is 46.4 Å². The van der Waals surface area contributed by atoms with E-state index in [4.69, 9.17) is 22.1 Å².